The molecular weight excluding hydrogens is 174 g/mol. The van der Waals surface area contributed by atoms with Crippen LogP contribution in [0.25, 0.3) is 0 Å². The molecule has 0 bridgehead atoms. The summed E-state index contributed by atoms with van der Waals surface area (Å²) in [5.41, 5.74) is -0.204. The van der Waals surface area contributed by atoms with Gasteiger partial charge in [0.1, 0.15) is 12.9 Å². The van der Waals surface area contributed by atoms with Crippen LogP contribution in [0.2, 0.25) is 0 Å². The van der Waals surface area contributed by atoms with E-state index in [9.17, 15) is 4.79 Å². The Labute approximate surface area is 72.6 Å². The van der Waals surface area contributed by atoms with Crippen molar-refractivity contribution in [3.05, 3.63) is 29.0 Å². The second-order valence-electron chi connectivity index (χ2n) is 2.53. The number of hydrogen-bond acceptors (Lipinski definition) is 5. The fourth-order valence-corrected chi connectivity index (χ4v) is 0.925. The molecule has 2 rings (SSSR count). The second kappa shape index (κ2) is 2.85. The Morgan fingerprint density at radius 1 is 1.62 bits per heavy atom. The number of nitrogens with zero attached hydrogens (tertiary/aromatic N) is 5. The molecule has 7 heteroatoms. The highest BCUT2D eigenvalue weighted by atomic mass is 16.5. The molecule has 2 aromatic heterocycles. The molecule has 2 aromatic rings. The van der Waals surface area contributed by atoms with Gasteiger partial charge >= 0.3 is 5.69 Å². The first-order valence-electron chi connectivity index (χ1n) is 3.61. The van der Waals surface area contributed by atoms with Crippen molar-refractivity contribution in [2.24, 2.45) is 7.05 Å². The molecule has 0 spiro atoms. The van der Waals surface area contributed by atoms with E-state index in [2.05, 4.69) is 19.8 Å². The van der Waals surface area contributed by atoms with Gasteiger partial charge in [0, 0.05) is 7.05 Å². The van der Waals surface area contributed by atoms with Crippen LogP contribution in [0.3, 0.4) is 0 Å². The van der Waals surface area contributed by atoms with Crippen molar-refractivity contribution in [1.82, 2.24) is 24.5 Å². The maximum Gasteiger partial charge on any atom is 0.345 e. The van der Waals surface area contributed by atoms with Crippen LogP contribution in [0, 0.1) is 0 Å². The third-order valence-corrected chi connectivity index (χ3v) is 1.58. The number of aryl methyl sites for hydroxylation is 1. The van der Waals surface area contributed by atoms with E-state index in [1.807, 2.05) is 0 Å². The lowest BCUT2D eigenvalue weighted by atomic mass is 10.6. The number of rotatable bonds is 2. The topological polar surface area (TPSA) is 78.7 Å². The van der Waals surface area contributed by atoms with Crippen LogP contribution in [0.15, 0.2) is 22.0 Å². The minimum atomic E-state index is -0.204. The van der Waals surface area contributed by atoms with Gasteiger partial charge in [-0.1, -0.05) is 5.16 Å². The number of hydrogen-bond donors (Lipinski definition) is 0. The van der Waals surface area contributed by atoms with Gasteiger partial charge in [0.2, 0.25) is 6.39 Å². The average molecular weight is 181 g/mol. The van der Waals surface area contributed by atoms with Crippen molar-refractivity contribution in [2.45, 2.75) is 6.54 Å². The van der Waals surface area contributed by atoms with Crippen molar-refractivity contribution in [1.29, 1.82) is 0 Å². The Morgan fingerprint density at radius 3 is 3.00 bits per heavy atom. The van der Waals surface area contributed by atoms with Gasteiger partial charge in [0.25, 0.3) is 0 Å². The van der Waals surface area contributed by atoms with Gasteiger partial charge in [-0.2, -0.15) is 10.1 Å². The van der Waals surface area contributed by atoms with E-state index in [0.29, 0.717) is 5.82 Å². The summed E-state index contributed by atoms with van der Waals surface area (Å²) in [7, 11) is 1.63. The van der Waals surface area contributed by atoms with E-state index in [1.54, 1.807) is 7.05 Å². The summed E-state index contributed by atoms with van der Waals surface area (Å²) >= 11 is 0. The molecule has 0 fully saturated rings. The Morgan fingerprint density at radius 2 is 2.46 bits per heavy atom. The van der Waals surface area contributed by atoms with Crippen LogP contribution >= 0.6 is 0 Å². The second-order valence-corrected chi connectivity index (χ2v) is 2.53. The molecule has 0 aliphatic rings. The molecule has 68 valence electrons. The van der Waals surface area contributed by atoms with E-state index >= 15 is 0 Å². The van der Waals surface area contributed by atoms with Crippen molar-refractivity contribution in [2.75, 3.05) is 0 Å². The zero-order chi connectivity index (χ0) is 9.26. The third kappa shape index (κ3) is 1.35. The summed E-state index contributed by atoms with van der Waals surface area (Å²) in [4.78, 5) is 15.0. The standard InChI is InChI=1S/C6H7N5O2/c1-10-3-8-11(6(10)12)2-5-7-4-13-9-5/h3-4H,2H2,1H3. The van der Waals surface area contributed by atoms with E-state index in [0.717, 1.165) is 0 Å². The Hall–Kier alpha value is -1.92. The summed E-state index contributed by atoms with van der Waals surface area (Å²) in [5, 5.41) is 7.40. The van der Waals surface area contributed by atoms with E-state index in [1.165, 1.54) is 22.0 Å². The van der Waals surface area contributed by atoms with Crippen molar-refractivity contribution in [3.63, 3.8) is 0 Å². The third-order valence-electron chi connectivity index (χ3n) is 1.58. The number of aromatic nitrogens is 5. The van der Waals surface area contributed by atoms with Crippen LogP contribution < -0.4 is 5.69 Å². The quantitative estimate of drug-likeness (QED) is 0.594. The highest BCUT2D eigenvalue weighted by Gasteiger charge is 2.04. The molecule has 0 saturated heterocycles. The highest BCUT2D eigenvalue weighted by Crippen LogP contribution is 1.89. The Bertz CT molecular complexity index is 440. The van der Waals surface area contributed by atoms with Gasteiger partial charge in [-0.15, -0.1) is 0 Å². The summed E-state index contributed by atoms with van der Waals surface area (Å²) in [6.45, 7) is 0.232. The van der Waals surface area contributed by atoms with Crippen LogP contribution in [0.1, 0.15) is 5.82 Å². The molecule has 0 aliphatic heterocycles. The summed E-state index contributed by atoms with van der Waals surface area (Å²) in [6.07, 6.45) is 2.64. The molecule has 0 aliphatic carbocycles. The average Bonchev–Trinajstić information content (AvgIpc) is 2.71. The normalized spacial score (nSPS) is 10.5. The predicted octanol–water partition coefficient (Wildman–Crippen LogP) is -0.987. The summed E-state index contributed by atoms with van der Waals surface area (Å²) in [6, 6.07) is 0. The van der Waals surface area contributed by atoms with Gasteiger partial charge in [-0.05, 0) is 0 Å². The van der Waals surface area contributed by atoms with E-state index in [-0.39, 0.29) is 12.2 Å². The molecule has 2 heterocycles. The molecule has 0 atom stereocenters. The molecule has 0 radical (unpaired) electrons. The summed E-state index contributed by atoms with van der Waals surface area (Å²) < 4.78 is 7.15. The first-order valence-corrected chi connectivity index (χ1v) is 3.61. The SMILES string of the molecule is Cn1cnn(Cc2ncon2)c1=O. The van der Waals surface area contributed by atoms with Gasteiger partial charge in [-0.3, -0.25) is 4.57 Å². The van der Waals surface area contributed by atoms with Gasteiger partial charge in [0.05, 0.1) is 0 Å². The predicted molar refractivity (Wildman–Crippen MR) is 40.9 cm³/mol. The first-order chi connectivity index (χ1) is 6.27. The molecule has 0 unspecified atom stereocenters. The molecule has 7 nitrogen and oxygen atoms in total. The zero-order valence-electron chi connectivity index (χ0n) is 6.91. The first kappa shape index (κ1) is 7.71. The lowest BCUT2D eigenvalue weighted by Gasteiger charge is -1.91. The lowest BCUT2D eigenvalue weighted by Crippen LogP contribution is -2.23. The van der Waals surface area contributed by atoms with Crippen LogP contribution in [-0.2, 0) is 13.6 Å². The fourth-order valence-electron chi connectivity index (χ4n) is 0.925. The van der Waals surface area contributed by atoms with Crippen LogP contribution in [0.4, 0.5) is 0 Å². The highest BCUT2D eigenvalue weighted by molar-refractivity contribution is 4.79. The molecule has 0 saturated carbocycles. The van der Waals surface area contributed by atoms with Crippen molar-refractivity contribution in [3.8, 4) is 0 Å². The molecule has 13 heavy (non-hydrogen) atoms. The van der Waals surface area contributed by atoms with Gasteiger partial charge in [-0.25, -0.2) is 9.48 Å². The van der Waals surface area contributed by atoms with E-state index in [4.69, 9.17) is 0 Å². The van der Waals surface area contributed by atoms with Crippen molar-refractivity contribution >= 4 is 0 Å². The minimum absolute atomic E-state index is 0.204. The lowest BCUT2D eigenvalue weighted by molar-refractivity contribution is 0.406. The maximum atomic E-state index is 11.3. The van der Waals surface area contributed by atoms with Crippen LogP contribution in [0.5, 0.6) is 0 Å². The zero-order valence-corrected chi connectivity index (χ0v) is 6.91. The molecule has 0 N–H and O–H groups in total. The summed E-state index contributed by atoms with van der Waals surface area (Å²) in [5.74, 6) is 0.431. The minimum Gasteiger partial charge on any atom is -0.343 e. The van der Waals surface area contributed by atoms with Crippen LogP contribution in [-0.4, -0.2) is 24.5 Å². The maximum absolute atomic E-state index is 11.3. The van der Waals surface area contributed by atoms with Gasteiger partial charge in [0.15, 0.2) is 5.82 Å². The van der Waals surface area contributed by atoms with E-state index < -0.39 is 0 Å². The Kier molecular flexibility index (Phi) is 1.69. The monoisotopic (exact) mass is 181 g/mol. The van der Waals surface area contributed by atoms with Crippen molar-refractivity contribution < 1.29 is 4.52 Å². The largest absolute Gasteiger partial charge is 0.345 e. The fraction of sp³-hybridized carbons (Fsp3) is 0.333. The molecule has 0 aromatic carbocycles. The smallest absolute Gasteiger partial charge is 0.343 e. The van der Waals surface area contributed by atoms with Gasteiger partial charge < -0.3 is 4.52 Å². The molecular formula is C6H7N5O2. The Balaban J connectivity index is 2.29. The molecule has 0 amide bonds.